The Balaban J connectivity index is 2.33. The molecule has 0 saturated carbocycles. The van der Waals surface area contributed by atoms with E-state index < -0.39 is 34.9 Å². The average Bonchev–Trinajstić information content (AvgIpc) is 2.89. The molecule has 0 aliphatic carbocycles. The molecule has 0 atom stereocenters. The van der Waals surface area contributed by atoms with E-state index in [0.29, 0.717) is 10.6 Å². The van der Waals surface area contributed by atoms with Gasteiger partial charge in [0.05, 0.1) is 23.4 Å². The Kier molecular flexibility index (Phi) is 3.28. The fourth-order valence-electron chi connectivity index (χ4n) is 2.08. The summed E-state index contributed by atoms with van der Waals surface area (Å²) in [5.41, 5.74) is -2.23. The third kappa shape index (κ3) is 2.60. The van der Waals surface area contributed by atoms with Gasteiger partial charge < -0.3 is 9.90 Å². The zero-order valence-corrected chi connectivity index (χ0v) is 11.1. The molecule has 0 aliphatic rings. The number of aromatic nitrogens is 3. The summed E-state index contributed by atoms with van der Waals surface area (Å²) in [5, 5.41) is 14.4. The summed E-state index contributed by atoms with van der Waals surface area (Å²) >= 11 is 0. The number of halogens is 4. The number of benzene rings is 1. The van der Waals surface area contributed by atoms with E-state index in [1.807, 2.05) is 0 Å². The van der Waals surface area contributed by atoms with Crippen molar-refractivity contribution < 1.29 is 27.5 Å². The van der Waals surface area contributed by atoms with E-state index >= 15 is 0 Å². The van der Waals surface area contributed by atoms with Gasteiger partial charge in [-0.15, -0.1) is 0 Å². The Morgan fingerprint density at radius 1 is 1.17 bits per heavy atom. The molecule has 0 N–H and O–H groups in total. The summed E-state index contributed by atoms with van der Waals surface area (Å²) in [5.74, 6) is -2.26. The lowest BCUT2D eigenvalue weighted by Gasteiger charge is -2.11. The number of carboxylic acids is 1. The van der Waals surface area contributed by atoms with E-state index in [1.165, 1.54) is 12.1 Å². The molecule has 118 valence electrons. The van der Waals surface area contributed by atoms with Crippen molar-refractivity contribution in [2.75, 3.05) is 0 Å². The van der Waals surface area contributed by atoms with Crippen molar-refractivity contribution >= 4 is 11.6 Å². The van der Waals surface area contributed by atoms with Gasteiger partial charge in [0, 0.05) is 5.56 Å². The molecule has 0 bridgehead atoms. The molecule has 2 heterocycles. The van der Waals surface area contributed by atoms with Crippen molar-refractivity contribution in [1.82, 2.24) is 14.6 Å². The van der Waals surface area contributed by atoms with Crippen LogP contribution in [0, 0.1) is 5.82 Å². The van der Waals surface area contributed by atoms with Crippen LogP contribution in [-0.2, 0) is 6.18 Å². The average molecular weight is 324 g/mol. The molecule has 0 spiro atoms. The number of alkyl halides is 3. The van der Waals surface area contributed by atoms with Crippen LogP contribution in [0.15, 0.2) is 36.5 Å². The first-order valence-corrected chi connectivity index (χ1v) is 6.20. The van der Waals surface area contributed by atoms with E-state index in [-0.39, 0.29) is 11.3 Å². The zero-order valence-electron chi connectivity index (χ0n) is 11.1. The first kappa shape index (κ1) is 14.9. The predicted molar refractivity (Wildman–Crippen MR) is 67.7 cm³/mol. The minimum absolute atomic E-state index is 0.159. The Hall–Kier alpha value is -2.97. The standard InChI is InChI=1S/C14H7F4N3O2/c15-8-3-1-7(2-4-8)10-5-11(14(16,17)18)21-12(20-10)9(6-19-21)13(22)23/h1-6H,(H,22,23)/p-1. The minimum atomic E-state index is -4.79. The summed E-state index contributed by atoms with van der Waals surface area (Å²) in [6.45, 7) is 0. The van der Waals surface area contributed by atoms with Gasteiger partial charge >= 0.3 is 6.18 Å². The minimum Gasteiger partial charge on any atom is -0.545 e. The fraction of sp³-hybridized carbons (Fsp3) is 0.0714. The lowest BCUT2D eigenvalue weighted by atomic mass is 10.1. The smallest absolute Gasteiger partial charge is 0.433 e. The molecule has 9 heteroatoms. The number of nitrogens with zero attached hydrogens (tertiary/aromatic N) is 3. The third-order valence-electron chi connectivity index (χ3n) is 3.12. The second kappa shape index (κ2) is 5.04. The van der Waals surface area contributed by atoms with Crippen LogP contribution in [0.25, 0.3) is 16.9 Å². The summed E-state index contributed by atoms with van der Waals surface area (Å²) in [4.78, 5) is 14.9. The highest BCUT2D eigenvalue weighted by molar-refractivity contribution is 5.93. The van der Waals surface area contributed by atoms with Crippen LogP contribution in [0.1, 0.15) is 16.1 Å². The van der Waals surface area contributed by atoms with E-state index in [1.54, 1.807) is 0 Å². The maximum absolute atomic E-state index is 13.2. The summed E-state index contributed by atoms with van der Waals surface area (Å²) in [6, 6.07) is 5.31. The quantitative estimate of drug-likeness (QED) is 0.675. The monoisotopic (exact) mass is 324 g/mol. The second-order valence-corrected chi connectivity index (χ2v) is 4.61. The molecule has 3 rings (SSSR count). The molecule has 0 fully saturated rings. The van der Waals surface area contributed by atoms with E-state index in [2.05, 4.69) is 10.1 Å². The fourth-order valence-corrected chi connectivity index (χ4v) is 2.08. The molecular weight excluding hydrogens is 318 g/mol. The number of hydrogen-bond acceptors (Lipinski definition) is 4. The molecule has 0 radical (unpaired) electrons. The maximum atomic E-state index is 13.2. The highest BCUT2D eigenvalue weighted by Gasteiger charge is 2.35. The highest BCUT2D eigenvalue weighted by Crippen LogP contribution is 2.32. The van der Waals surface area contributed by atoms with Crippen molar-refractivity contribution in [3.8, 4) is 11.3 Å². The largest absolute Gasteiger partial charge is 0.545 e. The Morgan fingerprint density at radius 2 is 1.83 bits per heavy atom. The van der Waals surface area contributed by atoms with Gasteiger partial charge in [-0.1, -0.05) is 0 Å². The normalized spacial score (nSPS) is 11.8. The Labute approximate surface area is 125 Å². The van der Waals surface area contributed by atoms with Crippen LogP contribution in [0.5, 0.6) is 0 Å². The van der Waals surface area contributed by atoms with E-state index in [4.69, 9.17) is 0 Å². The summed E-state index contributed by atoms with van der Waals surface area (Å²) < 4.78 is 52.9. The van der Waals surface area contributed by atoms with Crippen molar-refractivity contribution in [1.29, 1.82) is 0 Å². The van der Waals surface area contributed by atoms with Crippen LogP contribution >= 0.6 is 0 Å². The van der Waals surface area contributed by atoms with Gasteiger partial charge in [-0.05, 0) is 30.3 Å². The Bertz CT molecular complexity index is 901. The van der Waals surface area contributed by atoms with Crippen LogP contribution in [0.2, 0.25) is 0 Å². The lowest BCUT2D eigenvalue weighted by molar-refractivity contribution is -0.254. The molecule has 2 aromatic heterocycles. The van der Waals surface area contributed by atoms with Crippen LogP contribution in [0.3, 0.4) is 0 Å². The topological polar surface area (TPSA) is 70.3 Å². The molecule has 0 aliphatic heterocycles. The molecular formula is C14H6F4N3O2-. The van der Waals surface area contributed by atoms with Crippen molar-refractivity contribution in [2.45, 2.75) is 6.18 Å². The SMILES string of the molecule is O=C([O-])c1cnn2c(C(F)(F)F)cc(-c3ccc(F)cc3)nc12. The molecule has 0 unspecified atom stereocenters. The number of rotatable bonds is 2. The first-order valence-electron chi connectivity index (χ1n) is 6.20. The summed E-state index contributed by atoms with van der Waals surface area (Å²) in [6.07, 6.45) is -4.05. The number of fused-ring (bicyclic) bond motifs is 1. The molecule has 0 saturated heterocycles. The van der Waals surface area contributed by atoms with Crippen LogP contribution in [-0.4, -0.2) is 20.6 Å². The first-order chi connectivity index (χ1) is 10.8. The lowest BCUT2D eigenvalue weighted by Crippen LogP contribution is -2.22. The number of carbonyl (C=O) groups is 1. The van der Waals surface area contributed by atoms with Gasteiger partial charge in [0.25, 0.3) is 0 Å². The van der Waals surface area contributed by atoms with Crippen LogP contribution in [0.4, 0.5) is 17.6 Å². The molecule has 0 amide bonds. The molecule has 1 aromatic carbocycles. The number of aromatic carboxylic acids is 1. The third-order valence-corrected chi connectivity index (χ3v) is 3.12. The van der Waals surface area contributed by atoms with Gasteiger partial charge in [-0.25, -0.2) is 13.9 Å². The Morgan fingerprint density at radius 3 is 2.39 bits per heavy atom. The highest BCUT2D eigenvalue weighted by atomic mass is 19.4. The van der Waals surface area contributed by atoms with Gasteiger partial charge in [0.1, 0.15) is 5.82 Å². The van der Waals surface area contributed by atoms with Crippen LogP contribution < -0.4 is 5.11 Å². The second-order valence-electron chi connectivity index (χ2n) is 4.61. The van der Waals surface area contributed by atoms with Gasteiger partial charge in [0.15, 0.2) is 11.3 Å². The number of carboxylic acid groups (broad SMARTS) is 1. The van der Waals surface area contributed by atoms with Crippen molar-refractivity contribution in [3.05, 3.63) is 53.6 Å². The number of hydrogen-bond donors (Lipinski definition) is 0. The molecule has 5 nitrogen and oxygen atoms in total. The molecule has 3 aromatic rings. The van der Waals surface area contributed by atoms with Gasteiger partial charge in [0.2, 0.25) is 0 Å². The van der Waals surface area contributed by atoms with E-state index in [0.717, 1.165) is 18.3 Å². The van der Waals surface area contributed by atoms with Crippen molar-refractivity contribution in [3.63, 3.8) is 0 Å². The van der Waals surface area contributed by atoms with Gasteiger partial charge in [-0.3, -0.25) is 0 Å². The molecule has 23 heavy (non-hydrogen) atoms. The zero-order chi connectivity index (χ0) is 16.8. The van der Waals surface area contributed by atoms with Crippen molar-refractivity contribution in [2.24, 2.45) is 0 Å². The number of carbonyl (C=O) groups excluding carboxylic acids is 1. The predicted octanol–water partition coefficient (Wildman–Crippen LogP) is 1.92. The maximum Gasteiger partial charge on any atom is 0.433 e. The van der Waals surface area contributed by atoms with E-state index in [9.17, 15) is 27.5 Å². The summed E-state index contributed by atoms with van der Waals surface area (Å²) in [7, 11) is 0. The van der Waals surface area contributed by atoms with Gasteiger partial charge in [-0.2, -0.15) is 18.3 Å².